The zero-order valence-electron chi connectivity index (χ0n) is 9.62. The number of nitrogens with one attached hydrogen (secondary N) is 1. The van der Waals surface area contributed by atoms with E-state index in [0.29, 0.717) is 10.6 Å². The molecule has 2 aromatic rings. The van der Waals surface area contributed by atoms with E-state index in [9.17, 15) is 4.79 Å². The first-order chi connectivity index (χ1) is 8.22. The maximum absolute atomic E-state index is 12.0. The maximum atomic E-state index is 12.0. The Balaban J connectivity index is 2.22. The van der Waals surface area contributed by atoms with Gasteiger partial charge in [-0.05, 0) is 35.2 Å². The van der Waals surface area contributed by atoms with Gasteiger partial charge >= 0.3 is 0 Å². The first-order valence-electron chi connectivity index (χ1n) is 5.34. The number of aromatic nitrogens is 4. The van der Waals surface area contributed by atoms with E-state index in [1.807, 2.05) is 25.3 Å². The molecule has 1 N–H and O–H groups in total. The molecular formula is C10H13N5OS. The molecule has 90 valence electrons. The highest BCUT2D eigenvalue weighted by Crippen LogP contribution is 2.19. The van der Waals surface area contributed by atoms with Crippen molar-refractivity contribution in [1.29, 1.82) is 0 Å². The van der Waals surface area contributed by atoms with Gasteiger partial charge in [0.1, 0.15) is 11.2 Å². The van der Waals surface area contributed by atoms with Gasteiger partial charge in [-0.2, -0.15) is 4.68 Å². The molecule has 0 radical (unpaired) electrons. The molecule has 7 heteroatoms. The lowest BCUT2D eigenvalue weighted by Gasteiger charge is -2.11. The van der Waals surface area contributed by atoms with Gasteiger partial charge in [0.2, 0.25) is 0 Å². The quantitative estimate of drug-likeness (QED) is 0.887. The molecule has 0 aliphatic carbocycles. The lowest BCUT2D eigenvalue weighted by Crippen LogP contribution is -2.31. The average Bonchev–Trinajstić information content (AvgIpc) is 2.98. The summed E-state index contributed by atoms with van der Waals surface area (Å²) in [5.74, 6) is -0.0835. The number of hydrogen-bond acceptors (Lipinski definition) is 5. The maximum Gasteiger partial charge on any atom is 0.263 e. The molecule has 2 heterocycles. The molecule has 0 fully saturated rings. The Morgan fingerprint density at radius 2 is 2.47 bits per heavy atom. The van der Waals surface area contributed by atoms with Crippen LogP contribution in [-0.4, -0.2) is 32.2 Å². The number of hydrogen-bond donors (Lipinski definition) is 1. The fourth-order valence-electron chi connectivity index (χ4n) is 1.32. The Bertz CT molecular complexity index is 493. The van der Waals surface area contributed by atoms with Crippen molar-refractivity contribution in [2.24, 2.45) is 0 Å². The summed E-state index contributed by atoms with van der Waals surface area (Å²) in [5, 5.41) is 15.7. The number of carbonyl (C=O) groups excluding carboxylic acids is 1. The highest BCUT2D eigenvalue weighted by atomic mass is 32.1. The fourth-order valence-corrected chi connectivity index (χ4v) is 2.10. The lowest BCUT2D eigenvalue weighted by atomic mass is 10.2. The molecule has 0 bridgehead atoms. The van der Waals surface area contributed by atoms with Gasteiger partial charge in [-0.15, -0.1) is 16.4 Å². The van der Waals surface area contributed by atoms with E-state index in [-0.39, 0.29) is 11.9 Å². The van der Waals surface area contributed by atoms with E-state index in [0.717, 1.165) is 6.42 Å². The van der Waals surface area contributed by atoms with Gasteiger partial charge in [-0.25, -0.2) is 0 Å². The summed E-state index contributed by atoms with van der Waals surface area (Å²) in [6.45, 7) is 4.00. The van der Waals surface area contributed by atoms with Crippen LogP contribution in [0, 0.1) is 0 Å². The van der Waals surface area contributed by atoms with Crippen LogP contribution in [0.3, 0.4) is 0 Å². The van der Waals surface area contributed by atoms with E-state index >= 15 is 0 Å². The zero-order valence-corrected chi connectivity index (χ0v) is 10.4. The summed E-state index contributed by atoms with van der Waals surface area (Å²) in [5.41, 5.74) is 0.709. The zero-order chi connectivity index (χ0) is 12.3. The Kier molecular flexibility index (Phi) is 3.48. The van der Waals surface area contributed by atoms with E-state index < -0.39 is 0 Å². The van der Waals surface area contributed by atoms with Gasteiger partial charge in [0, 0.05) is 6.04 Å². The van der Waals surface area contributed by atoms with Crippen molar-refractivity contribution in [3.05, 3.63) is 22.7 Å². The van der Waals surface area contributed by atoms with Gasteiger partial charge in [0.05, 0.1) is 5.69 Å². The molecule has 0 saturated carbocycles. The van der Waals surface area contributed by atoms with E-state index in [4.69, 9.17) is 0 Å². The first kappa shape index (κ1) is 11.7. The van der Waals surface area contributed by atoms with Gasteiger partial charge < -0.3 is 5.32 Å². The summed E-state index contributed by atoms with van der Waals surface area (Å²) in [6, 6.07) is 1.98. The summed E-state index contributed by atoms with van der Waals surface area (Å²) >= 11 is 1.38. The van der Waals surface area contributed by atoms with Crippen LogP contribution < -0.4 is 5.32 Å². The van der Waals surface area contributed by atoms with E-state index in [1.54, 1.807) is 0 Å². The predicted octanol–water partition coefficient (Wildman–Crippen LogP) is 1.25. The molecule has 2 rings (SSSR count). The van der Waals surface area contributed by atoms with Crippen LogP contribution >= 0.6 is 11.3 Å². The number of rotatable bonds is 4. The smallest absolute Gasteiger partial charge is 0.263 e. The SMILES string of the molecule is CC[C@H](C)NC(=O)c1sccc1-n1cnnn1. The minimum absolute atomic E-state index is 0.0835. The predicted molar refractivity (Wildman–Crippen MR) is 64.3 cm³/mol. The standard InChI is InChI=1S/C10H13N5OS/c1-3-7(2)12-10(16)9-8(4-5-17-9)15-6-11-13-14-15/h4-7H,3H2,1-2H3,(H,12,16)/t7-/m0/s1. The summed E-state index contributed by atoms with van der Waals surface area (Å²) < 4.78 is 1.49. The van der Waals surface area contributed by atoms with E-state index in [2.05, 4.69) is 20.8 Å². The fraction of sp³-hybridized carbons (Fsp3) is 0.400. The van der Waals surface area contributed by atoms with Gasteiger partial charge in [0.25, 0.3) is 5.91 Å². The molecule has 0 spiro atoms. The van der Waals surface area contributed by atoms with Crippen molar-refractivity contribution in [3.63, 3.8) is 0 Å². The molecule has 6 nitrogen and oxygen atoms in total. The van der Waals surface area contributed by atoms with Crippen LogP contribution in [-0.2, 0) is 0 Å². The molecule has 17 heavy (non-hydrogen) atoms. The van der Waals surface area contributed by atoms with Crippen molar-refractivity contribution < 1.29 is 4.79 Å². The lowest BCUT2D eigenvalue weighted by molar-refractivity contribution is 0.0943. The van der Waals surface area contributed by atoms with Gasteiger partial charge in [-0.3, -0.25) is 4.79 Å². The van der Waals surface area contributed by atoms with Crippen LogP contribution in [0.1, 0.15) is 29.9 Å². The van der Waals surface area contributed by atoms with Gasteiger partial charge in [-0.1, -0.05) is 6.92 Å². The second kappa shape index (κ2) is 5.05. The molecule has 1 atom stereocenters. The third-order valence-corrected chi connectivity index (χ3v) is 3.34. The Morgan fingerprint density at radius 3 is 3.12 bits per heavy atom. The number of tetrazole rings is 1. The Hall–Kier alpha value is -1.76. The Labute approximate surface area is 103 Å². The Morgan fingerprint density at radius 1 is 1.65 bits per heavy atom. The molecule has 1 amide bonds. The first-order valence-corrected chi connectivity index (χ1v) is 6.22. The van der Waals surface area contributed by atoms with E-state index in [1.165, 1.54) is 22.3 Å². The number of amides is 1. The largest absolute Gasteiger partial charge is 0.349 e. The number of nitrogens with zero attached hydrogens (tertiary/aromatic N) is 4. The molecule has 0 saturated heterocycles. The minimum atomic E-state index is -0.0835. The third kappa shape index (κ3) is 2.50. The van der Waals surface area contributed by atoms with Crippen molar-refractivity contribution in [2.45, 2.75) is 26.3 Å². The molecule has 0 aliphatic heterocycles. The minimum Gasteiger partial charge on any atom is -0.349 e. The van der Waals surface area contributed by atoms with Crippen LogP contribution in [0.5, 0.6) is 0 Å². The summed E-state index contributed by atoms with van der Waals surface area (Å²) in [4.78, 5) is 12.6. The molecular weight excluding hydrogens is 238 g/mol. The monoisotopic (exact) mass is 251 g/mol. The van der Waals surface area contributed by atoms with Crippen molar-refractivity contribution in [2.75, 3.05) is 0 Å². The van der Waals surface area contributed by atoms with Crippen LogP contribution in [0.25, 0.3) is 5.69 Å². The third-order valence-electron chi connectivity index (χ3n) is 2.44. The molecule has 0 aliphatic rings. The summed E-state index contributed by atoms with van der Waals surface area (Å²) in [6.07, 6.45) is 2.37. The number of carbonyl (C=O) groups is 1. The summed E-state index contributed by atoms with van der Waals surface area (Å²) in [7, 11) is 0. The topological polar surface area (TPSA) is 72.7 Å². The van der Waals surface area contributed by atoms with Crippen LogP contribution in [0.15, 0.2) is 17.8 Å². The molecule has 0 unspecified atom stereocenters. The van der Waals surface area contributed by atoms with Crippen LogP contribution in [0.2, 0.25) is 0 Å². The highest BCUT2D eigenvalue weighted by molar-refractivity contribution is 7.12. The van der Waals surface area contributed by atoms with Crippen molar-refractivity contribution >= 4 is 17.2 Å². The highest BCUT2D eigenvalue weighted by Gasteiger charge is 2.16. The average molecular weight is 251 g/mol. The normalized spacial score (nSPS) is 12.4. The van der Waals surface area contributed by atoms with Crippen molar-refractivity contribution in [3.8, 4) is 5.69 Å². The molecule has 0 aromatic carbocycles. The van der Waals surface area contributed by atoms with Crippen molar-refractivity contribution in [1.82, 2.24) is 25.5 Å². The van der Waals surface area contributed by atoms with Crippen LogP contribution in [0.4, 0.5) is 0 Å². The second-order valence-electron chi connectivity index (χ2n) is 3.67. The van der Waals surface area contributed by atoms with Gasteiger partial charge in [0.15, 0.2) is 0 Å². The second-order valence-corrected chi connectivity index (χ2v) is 4.59. The molecule has 2 aromatic heterocycles. The number of thiophene rings is 1.